The second kappa shape index (κ2) is 4.49. The van der Waals surface area contributed by atoms with E-state index in [1.807, 2.05) is 11.8 Å². The van der Waals surface area contributed by atoms with Gasteiger partial charge in [0.15, 0.2) is 0 Å². The Labute approximate surface area is 83.8 Å². The first-order valence-corrected chi connectivity index (χ1v) is 6.17. The maximum absolute atomic E-state index is 8.96. The summed E-state index contributed by atoms with van der Waals surface area (Å²) in [6.45, 7) is 0.300. The highest BCUT2D eigenvalue weighted by atomic mass is 32.2. The van der Waals surface area contributed by atoms with Crippen LogP contribution in [0.5, 0.6) is 0 Å². The van der Waals surface area contributed by atoms with E-state index < -0.39 is 0 Å². The number of aliphatic hydroxyl groups is 1. The summed E-state index contributed by atoms with van der Waals surface area (Å²) in [4.78, 5) is 0. The molecule has 1 fully saturated rings. The molecule has 0 saturated carbocycles. The molecule has 1 aliphatic carbocycles. The van der Waals surface area contributed by atoms with Crippen LogP contribution in [0, 0.1) is 5.92 Å². The third-order valence-electron chi connectivity index (χ3n) is 2.79. The molecule has 0 amide bonds. The van der Waals surface area contributed by atoms with Crippen LogP contribution in [0.4, 0.5) is 0 Å². The summed E-state index contributed by atoms with van der Waals surface area (Å²) in [7, 11) is 0. The zero-order valence-electron chi connectivity index (χ0n) is 7.78. The predicted molar refractivity (Wildman–Crippen MR) is 57.0 cm³/mol. The molecule has 2 rings (SSSR count). The van der Waals surface area contributed by atoms with Gasteiger partial charge in [0.25, 0.3) is 0 Å². The fraction of sp³-hybridized carbons (Fsp3) is 0.800. The minimum atomic E-state index is 0.300. The lowest BCUT2D eigenvalue weighted by atomic mass is 10.1. The van der Waals surface area contributed by atoms with E-state index in [2.05, 4.69) is 17.5 Å². The van der Waals surface area contributed by atoms with Crippen molar-refractivity contribution in [3.05, 3.63) is 12.2 Å². The van der Waals surface area contributed by atoms with Crippen LogP contribution in [-0.4, -0.2) is 35.3 Å². The molecule has 2 N–H and O–H groups in total. The first-order chi connectivity index (χ1) is 6.38. The van der Waals surface area contributed by atoms with Gasteiger partial charge in [-0.1, -0.05) is 12.2 Å². The molecule has 1 saturated heterocycles. The van der Waals surface area contributed by atoms with Gasteiger partial charge in [-0.15, -0.1) is 0 Å². The fourth-order valence-corrected chi connectivity index (χ4v) is 3.17. The summed E-state index contributed by atoms with van der Waals surface area (Å²) in [6, 6.07) is 1.22. The van der Waals surface area contributed by atoms with Gasteiger partial charge < -0.3 is 10.4 Å². The van der Waals surface area contributed by atoms with Gasteiger partial charge in [-0.05, 0) is 18.6 Å². The molecule has 2 nitrogen and oxygen atoms in total. The van der Waals surface area contributed by atoms with Crippen molar-refractivity contribution in [1.82, 2.24) is 5.32 Å². The van der Waals surface area contributed by atoms with E-state index >= 15 is 0 Å². The normalized spacial score (nSPS) is 38.7. The van der Waals surface area contributed by atoms with Crippen molar-refractivity contribution in [3.8, 4) is 0 Å². The van der Waals surface area contributed by atoms with Crippen LogP contribution >= 0.6 is 11.8 Å². The average molecular weight is 199 g/mol. The molecule has 0 aromatic rings. The zero-order chi connectivity index (χ0) is 9.10. The summed E-state index contributed by atoms with van der Waals surface area (Å²) >= 11 is 2.04. The Balaban J connectivity index is 1.74. The predicted octanol–water partition coefficient (Wildman–Crippen LogP) is 1.02. The second-order valence-electron chi connectivity index (χ2n) is 3.90. The molecule has 1 unspecified atom stereocenters. The molecule has 1 aliphatic heterocycles. The topological polar surface area (TPSA) is 32.3 Å². The van der Waals surface area contributed by atoms with Crippen LogP contribution in [-0.2, 0) is 0 Å². The molecule has 3 atom stereocenters. The Bertz CT molecular complexity index is 189. The largest absolute Gasteiger partial charge is 0.396 e. The van der Waals surface area contributed by atoms with Crippen LogP contribution in [0.1, 0.15) is 12.8 Å². The molecule has 0 bridgehead atoms. The highest BCUT2D eigenvalue weighted by Gasteiger charge is 2.22. The lowest BCUT2D eigenvalue weighted by Gasteiger charge is -2.17. The summed E-state index contributed by atoms with van der Waals surface area (Å²) < 4.78 is 0. The van der Waals surface area contributed by atoms with Crippen LogP contribution < -0.4 is 5.32 Å². The van der Waals surface area contributed by atoms with E-state index in [0.717, 1.165) is 6.42 Å². The molecule has 0 aromatic heterocycles. The van der Waals surface area contributed by atoms with Gasteiger partial charge in [0.1, 0.15) is 0 Å². The van der Waals surface area contributed by atoms with Crippen LogP contribution in [0.3, 0.4) is 0 Å². The van der Waals surface area contributed by atoms with Crippen molar-refractivity contribution in [2.24, 2.45) is 5.92 Å². The molecular weight excluding hydrogens is 182 g/mol. The Morgan fingerprint density at radius 2 is 2.38 bits per heavy atom. The Hall–Kier alpha value is 0.01000. The molecule has 1 heterocycles. The highest BCUT2D eigenvalue weighted by Crippen LogP contribution is 2.22. The molecule has 3 heteroatoms. The Morgan fingerprint density at radius 1 is 1.46 bits per heavy atom. The minimum Gasteiger partial charge on any atom is -0.396 e. The smallest absolute Gasteiger partial charge is 0.0494 e. The third kappa shape index (κ3) is 2.48. The van der Waals surface area contributed by atoms with Crippen molar-refractivity contribution < 1.29 is 5.11 Å². The van der Waals surface area contributed by atoms with Crippen molar-refractivity contribution >= 4 is 11.8 Å². The lowest BCUT2D eigenvalue weighted by Crippen LogP contribution is -2.36. The third-order valence-corrected chi connectivity index (χ3v) is 3.95. The first kappa shape index (κ1) is 9.56. The van der Waals surface area contributed by atoms with Gasteiger partial charge in [0.2, 0.25) is 0 Å². The molecule has 0 aromatic carbocycles. The minimum absolute atomic E-state index is 0.300. The Morgan fingerprint density at radius 3 is 3.00 bits per heavy atom. The molecule has 0 spiro atoms. The molecule has 0 radical (unpaired) electrons. The van der Waals surface area contributed by atoms with Gasteiger partial charge in [-0.2, -0.15) is 11.8 Å². The van der Waals surface area contributed by atoms with E-state index in [1.165, 1.54) is 17.9 Å². The van der Waals surface area contributed by atoms with Crippen LogP contribution in [0.15, 0.2) is 12.2 Å². The standard InChI is InChI=1S/C10H17NOS/c12-6-8-1-2-9(5-8)11-10-3-4-13-7-10/h1-2,8-12H,3-7H2/t8-,9+,10?/m0/s1. The monoisotopic (exact) mass is 199 g/mol. The van der Waals surface area contributed by atoms with Gasteiger partial charge in [0.05, 0.1) is 0 Å². The molecule has 13 heavy (non-hydrogen) atoms. The number of hydrogen-bond acceptors (Lipinski definition) is 3. The fourth-order valence-electron chi connectivity index (χ4n) is 2.00. The maximum Gasteiger partial charge on any atom is 0.0494 e. The summed E-state index contributed by atoms with van der Waals surface area (Å²) in [5.41, 5.74) is 0. The van der Waals surface area contributed by atoms with Crippen molar-refractivity contribution in [2.75, 3.05) is 18.1 Å². The average Bonchev–Trinajstić information content (AvgIpc) is 2.76. The maximum atomic E-state index is 8.96. The Kier molecular flexibility index (Phi) is 3.30. The van der Waals surface area contributed by atoms with Crippen LogP contribution in [0.2, 0.25) is 0 Å². The van der Waals surface area contributed by atoms with Crippen molar-refractivity contribution in [1.29, 1.82) is 0 Å². The van der Waals surface area contributed by atoms with Gasteiger partial charge >= 0.3 is 0 Å². The number of aliphatic hydroxyl groups excluding tert-OH is 1. The number of rotatable bonds is 3. The van der Waals surface area contributed by atoms with E-state index in [-0.39, 0.29) is 0 Å². The van der Waals surface area contributed by atoms with E-state index in [9.17, 15) is 0 Å². The van der Waals surface area contributed by atoms with Crippen LogP contribution in [0.25, 0.3) is 0 Å². The second-order valence-corrected chi connectivity index (χ2v) is 5.05. The van der Waals surface area contributed by atoms with Crippen molar-refractivity contribution in [3.63, 3.8) is 0 Å². The first-order valence-electron chi connectivity index (χ1n) is 5.01. The SMILES string of the molecule is OC[C@H]1C=C[C@@H](NC2CCSC2)C1. The van der Waals surface area contributed by atoms with E-state index in [1.54, 1.807) is 0 Å². The lowest BCUT2D eigenvalue weighted by molar-refractivity contribution is 0.245. The quantitative estimate of drug-likeness (QED) is 0.666. The van der Waals surface area contributed by atoms with E-state index in [4.69, 9.17) is 5.11 Å². The number of hydrogen-bond donors (Lipinski definition) is 2. The summed E-state index contributed by atoms with van der Waals surface area (Å²) in [5, 5.41) is 12.6. The summed E-state index contributed by atoms with van der Waals surface area (Å²) in [5.74, 6) is 2.96. The van der Waals surface area contributed by atoms with Gasteiger partial charge in [-0.25, -0.2) is 0 Å². The number of nitrogens with one attached hydrogen (secondary N) is 1. The van der Waals surface area contributed by atoms with E-state index in [0.29, 0.717) is 24.6 Å². The highest BCUT2D eigenvalue weighted by molar-refractivity contribution is 7.99. The molecular formula is C10H17NOS. The number of thioether (sulfide) groups is 1. The van der Waals surface area contributed by atoms with Crippen molar-refractivity contribution in [2.45, 2.75) is 24.9 Å². The van der Waals surface area contributed by atoms with Gasteiger partial charge in [0, 0.05) is 30.4 Å². The zero-order valence-corrected chi connectivity index (χ0v) is 8.59. The molecule has 74 valence electrons. The summed E-state index contributed by atoms with van der Waals surface area (Å²) in [6.07, 6.45) is 6.74. The molecule has 2 aliphatic rings. The van der Waals surface area contributed by atoms with Gasteiger partial charge in [-0.3, -0.25) is 0 Å².